The van der Waals surface area contributed by atoms with Crippen molar-refractivity contribution >= 4 is 17.8 Å². The molecule has 4 heterocycles. The minimum Gasteiger partial charge on any atom is -0.467 e. The monoisotopic (exact) mass is 603 g/mol. The number of ether oxygens (including phenoxy) is 3. The third-order valence-corrected chi connectivity index (χ3v) is 7.15. The van der Waals surface area contributed by atoms with Gasteiger partial charge in [0.15, 0.2) is 11.4 Å². The number of carbonyl (C=O) groups is 1. The van der Waals surface area contributed by atoms with Crippen LogP contribution in [0.5, 0.6) is 11.9 Å². The standard InChI is InChI=1S/C27H32F3N9O4/c1-4-31-25(40)39(21-13-32-20(12-33-21)16-9-35-24(41-3)36-10-16)18-7-5-17(6-8-18)37-23-34-11-19(27(28,29)30)22(38-23)43-26(2)14-42-15-26/h9-13,17-18H,4-8,14-15H2,1-3H3,(H,31,40)(H,34,37,38)/t17-,18-. The fraction of sp³-hybridized carbons (Fsp3) is 0.519. The summed E-state index contributed by atoms with van der Waals surface area (Å²) < 4.78 is 56.4. The molecule has 2 aliphatic rings. The van der Waals surface area contributed by atoms with E-state index in [-0.39, 0.29) is 43.3 Å². The summed E-state index contributed by atoms with van der Waals surface area (Å²) in [6, 6.07) is -0.365. The van der Waals surface area contributed by atoms with E-state index in [0.29, 0.717) is 49.3 Å². The first kappa shape index (κ1) is 30.1. The van der Waals surface area contributed by atoms with Crippen molar-refractivity contribution in [2.24, 2.45) is 0 Å². The molecule has 1 aliphatic heterocycles. The van der Waals surface area contributed by atoms with Gasteiger partial charge in [-0.15, -0.1) is 0 Å². The first-order valence-corrected chi connectivity index (χ1v) is 13.8. The second-order valence-corrected chi connectivity index (χ2v) is 10.5. The third-order valence-electron chi connectivity index (χ3n) is 7.15. The van der Waals surface area contributed by atoms with Crippen molar-refractivity contribution < 1.29 is 32.2 Å². The van der Waals surface area contributed by atoms with E-state index < -0.39 is 23.2 Å². The second-order valence-electron chi connectivity index (χ2n) is 10.5. The van der Waals surface area contributed by atoms with E-state index in [1.807, 2.05) is 6.92 Å². The van der Waals surface area contributed by atoms with Crippen molar-refractivity contribution in [3.63, 3.8) is 0 Å². The average Bonchev–Trinajstić information content (AvgIpc) is 2.97. The number of nitrogens with one attached hydrogen (secondary N) is 2. The van der Waals surface area contributed by atoms with Crippen LogP contribution in [0.1, 0.15) is 45.1 Å². The smallest absolute Gasteiger partial charge is 0.423 e. The lowest BCUT2D eigenvalue weighted by atomic mass is 9.90. The predicted molar refractivity (Wildman–Crippen MR) is 148 cm³/mol. The van der Waals surface area contributed by atoms with Gasteiger partial charge in [0.2, 0.25) is 11.8 Å². The fourth-order valence-electron chi connectivity index (χ4n) is 4.89. The summed E-state index contributed by atoms with van der Waals surface area (Å²) in [7, 11) is 1.48. The highest BCUT2D eigenvalue weighted by molar-refractivity contribution is 5.91. The number of amides is 2. The Morgan fingerprint density at radius 1 is 1.05 bits per heavy atom. The number of alkyl halides is 3. The number of methoxy groups -OCH3 is 1. The number of halogens is 3. The highest BCUT2D eigenvalue weighted by Gasteiger charge is 2.42. The number of anilines is 2. The Kier molecular flexibility index (Phi) is 8.75. The molecule has 1 aliphatic carbocycles. The Morgan fingerprint density at radius 2 is 1.77 bits per heavy atom. The third kappa shape index (κ3) is 7.01. The highest BCUT2D eigenvalue weighted by atomic mass is 19.4. The van der Waals surface area contributed by atoms with Crippen molar-refractivity contribution in [2.75, 3.05) is 37.1 Å². The summed E-state index contributed by atoms with van der Waals surface area (Å²) in [5.41, 5.74) is -0.742. The molecule has 3 aromatic heterocycles. The lowest BCUT2D eigenvalue weighted by molar-refractivity contribution is -0.162. The molecule has 2 amide bonds. The molecule has 2 fully saturated rings. The summed E-state index contributed by atoms with van der Waals surface area (Å²) in [4.78, 5) is 39.8. The van der Waals surface area contributed by atoms with Gasteiger partial charge in [-0.1, -0.05) is 0 Å². The van der Waals surface area contributed by atoms with Gasteiger partial charge in [-0.3, -0.25) is 9.88 Å². The molecule has 0 aromatic carbocycles. The number of carbonyl (C=O) groups excluding carboxylic acids is 1. The van der Waals surface area contributed by atoms with Crippen LogP contribution in [-0.4, -0.2) is 80.5 Å². The Labute approximate surface area is 245 Å². The van der Waals surface area contributed by atoms with Crippen LogP contribution in [0.15, 0.2) is 31.0 Å². The Morgan fingerprint density at radius 3 is 2.33 bits per heavy atom. The maximum Gasteiger partial charge on any atom is 0.423 e. The van der Waals surface area contributed by atoms with Crippen molar-refractivity contribution in [1.29, 1.82) is 0 Å². The van der Waals surface area contributed by atoms with Crippen molar-refractivity contribution in [3.05, 3.63) is 36.5 Å². The molecule has 0 spiro atoms. The minimum absolute atomic E-state index is 0.0415. The number of urea groups is 1. The van der Waals surface area contributed by atoms with Gasteiger partial charge in [-0.05, 0) is 39.5 Å². The number of hydrogen-bond acceptors (Lipinski definition) is 11. The molecule has 0 radical (unpaired) electrons. The SMILES string of the molecule is CCNC(=O)N(c1cnc(-c2cnc(OC)nc2)cn1)[C@H]1CC[C@H](Nc2ncc(C(F)(F)F)c(OC3(C)COC3)n2)CC1. The lowest BCUT2D eigenvalue weighted by Gasteiger charge is -2.38. The topological polar surface area (TPSA) is 149 Å². The molecular weight excluding hydrogens is 571 g/mol. The van der Waals surface area contributed by atoms with E-state index in [2.05, 4.69) is 40.5 Å². The van der Waals surface area contributed by atoms with Crippen LogP contribution in [0.3, 0.4) is 0 Å². The van der Waals surface area contributed by atoms with Gasteiger partial charge in [0, 0.05) is 42.8 Å². The van der Waals surface area contributed by atoms with Crippen LogP contribution in [0.25, 0.3) is 11.3 Å². The number of rotatable bonds is 9. The quantitative estimate of drug-likeness (QED) is 0.367. The minimum atomic E-state index is -4.67. The van der Waals surface area contributed by atoms with Crippen LogP contribution in [0, 0.1) is 0 Å². The summed E-state index contributed by atoms with van der Waals surface area (Å²) in [5.74, 6) is -0.100. The van der Waals surface area contributed by atoms with Gasteiger partial charge in [0.05, 0.1) is 38.4 Å². The number of nitrogens with zero attached hydrogens (tertiary/aromatic N) is 7. The molecule has 0 atom stereocenters. The first-order chi connectivity index (χ1) is 20.6. The van der Waals surface area contributed by atoms with Crippen LogP contribution in [-0.2, 0) is 10.9 Å². The molecule has 1 saturated heterocycles. The van der Waals surface area contributed by atoms with E-state index in [0.717, 1.165) is 6.20 Å². The second kappa shape index (κ2) is 12.5. The van der Waals surface area contributed by atoms with Gasteiger partial charge >= 0.3 is 18.2 Å². The molecule has 1 saturated carbocycles. The zero-order chi connectivity index (χ0) is 30.6. The van der Waals surface area contributed by atoms with Crippen LogP contribution >= 0.6 is 0 Å². The van der Waals surface area contributed by atoms with E-state index in [9.17, 15) is 18.0 Å². The predicted octanol–water partition coefficient (Wildman–Crippen LogP) is 3.88. The first-order valence-electron chi connectivity index (χ1n) is 13.8. The van der Waals surface area contributed by atoms with Crippen LogP contribution < -0.4 is 25.0 Å². The fourth-order valence-corrected chi connectivity index (χ4v) is 4.89. The maximum absolute atomic E-state index is 13.6. The maximum atomic E-state index is 13.6. The van der Waals surface area contributed by atoms with E-state index in [1.165, 1.54) is 13.3 Å². The van der Waals surface area contributed by atoms with Crippen molar-refractivity contribution in [2.45, 2.75) is 63.4 Å². The zero-order valence-electron chi connectivity index (χ0n) is 23.9. The molecule has 2 N–H and O–H groups in total. The number of hydrogen-bond donors (Lipinski definition) is 2. The van der Waals surface area contributed by atoms with E-state index in [1.54, 1.807) is 30.4 Å². The summed E-state index contributed by atoms with van der Waals surface area (Å²) in [5, 5.41) is 5.98. The Bertz CT molecular complexity index is 1400. The molecule has 13 nitrogen and oxygen atoms in total. The molecule has 43 heavy (non-hydrogen) atoms. The number of aromatic nitrogens is 6. The largest absolute Gasteiger partial charge is 0.467 e. The van der Waals surface area contributed by atoms with Gasteiger partial charge in [-0.25, -0.2) is 24.7 Å². The van der Waals surface area contributed by atoms with Crippen LogP contribution in [0.2, 0.25) is 0 Å². The Hall–Kier alpha value is -4.34. The van der Waals surface area contributed by atoms with Gasteiger partial charge < -0.3 is 24.8 Å². The molecule has 3 aromatic rings. The summed E-state index contributed by atoms with van der Waals surface area (Å²) in [6.45, 7) is 4.27. The molecule has 5 rings (SSSR count). The highest BCUT2D eigenvalue weighted by Crippen LogP contribution is 2.38. The van der Waals surface area contributed by atoms with Gasteiger partial charge in [0.1, 0.15) is 5.56 Å². The Balaban J connectivity index is 1.26. The summed E-state index contributed by atoms with van der Waals surface area (Å²) >= 11 is 0. The lowest BCUT2D eigenvalue weighted by Crippen LogP contribution is -2.52. The van der Waals surface area contributed by atoms with Crippen LogP contribution in [0.4, 0.5) is 29.7 Å². The van der Waals surface area contributed by atoms with E-state index >= 15 is 0 Å². The summed E-state index contributed by atoms with van der Waals surface area (Å²) in [6.07, 6.45) is 4.72. The van der Waals surface area contributed by atoms with Crippen molar-refractivity contribution in [1.82, 2.24) is 35.2 Å². The van der Waals surface area contributed by atoms with Crippen molar-refractivity contribution in [3.8, 4) is 23.1 Å². The van der Waals surface area contributed by atoms with Gasteiger partial charge in [0.25, 0.3) is 0 Å². The molecule has 0 unspecified atom stereocenters. The normalized spacial score (nSPS) is 19.6. The molecule has 0 bridgehead atoms. The average molecular weight is 604 g/mol. The molecule has 230 valence electrons. The molecular formula is C27H32F3N9O4. The zero-order valence-corrected chi connectivity index (χ0v) is 23.9. The van der Waals surface area contributed by atoms with Gasteiger partial charge in [-0.2, -0.15) is 18.2 Å². The molecule has 16 heteroatoms. The van der Waals surface area contributed by atoms with E-state index in [4.69, 9.17) is 14.2 Å².